The number of hydrogen-bond acceptors (Lipinski definition) is 4. The van der Waals surface area contributed by atoms with E-state index in [4.69, 9.17) is 4.74 Å². The molecule has 0 radical (unpaired) electrons. The second-order valence-electron chi connectivity index (χ2n) is 3.28. The van der Waals surface area contributed by atoms with Crippen LogP contribution in [0.15, 0.2) is 30.6 Å². The molecule has 84 valence electrons. The third kappa shape index (κ3) is 2.31. The van der Waals surface area contributed by atoms with Crippen LogP contribution in [0.5, 0.6) is 11.5 Å². The molecule has 1 aromatic carbocycles. The van der Waals surface area contributed by atoms with E-state index in [0.29, 0.717) is 12.4 Å². The van der Waals surface area contributed by atoms with Gasteiger partial charge in [-0.3, -0.25) is 0 Å². The first-order valence-electron chi connectivity index (χ1n) is 5.08. The van der Waals surface area contributed by atoms with Crippen LogP contribution in [0.3, 0.4) is 0 Å². The first kappa shape index (κ1) is 10.5. The molecule has 2 aromatic rings. The van der Waals surface area contributed by atoms with Gasteiger partial charge >= 0.3 is 0 Å². The number of ether oxygens (including phenoxy) is 1. The third-order valence-corrected chi connectivity index (χ3v) is 2.18. The zero-order chi connectivity index (χ0) is 11.4. The van der Waals surface area contributed by atoms with Gasteiger partial charge in [0.1, 0.15) is 24.4 Å². The Morgan fingerprint density at radius 3 is 3.06 bits per heavy atom. The smallest absolute Gasteiger partial charge is 0.164 e. The van der Waals surface area contributed by atoms with E-state index >= 15 is 0 Å². The van der Waals surface area contributed by atoms with Gasteiger partial charge in [-0.15, -0.1) is 0 Å². The van der Waals surface area contributed by atoms with Crippen LogP contribution >= 0.6 is 0 Å². The van der Waals surface area contributed by atoms with Crippen molar-refractivity contribution in [3.63, 3.8) is 0 Å². The number of aromatic nitrogens is 3. The Morgan fingerprint density at radius 1 is 1.44 bits per heavy atom. The maximum atomic E-state index is 9.26. The summed E-state index contributed by atoms with van der Waals surface area (Å²) in [5, 5.41) is 13.3. The third-order valence-electron chi connectivity index (χ3n) is 2.18. The molecule has 1 N–H and O–H groups in total. The van der Waals surface area contributed by atoms with E-state index in [-0.39, 0.29) is 5.75 Å². The highest BCUT2D eigenvalue weighted by molar-refractivity contribution is 5.31. The maximum Gasteiger partial charge on any atom is 0.164 e. The molecule has 0 fully saturated rings. The molecule has 0 aliphatic rings. The van der Waals surface area contributed by atoms with Gasteiger partial charge in [-0.1, -0.05) is 6.07 Å². The number of aromatic hydroxyl groups is 1. The van der Waals surface area contributed by atoms with E-state index in [9.17, 15) is 5.11 Å². The van der Waals surface area contributed by atoms with Gasteiger partial charge in [0.2, 0.25) is 0 Å². The molecule has 0 saturated carbocycles. The van der Waals surface area contributed by atoms with Gasteiger partial charge in [0.25, 0.3) is 0 Å². The molecule has 1 heterocycles. The molecule has 2 rings (SSSR count). The highest BCUT2D eigenvalue weighted by atomic mass is 16.5. The monoisotopic (exact) mass is 219 g/mol. The molecule has 0 amide bonds. The van der Waals surface area contributed by atoms with Crippen molar-refractivity contribution in [1.29, 1.82) is 0 Å². The fourth-order valence-corrected chi connectivity index (χ4v) is 1.39. The molecular weight excluding hydrogens is 206 g/mol. The summed E-state index contributed by atoms with van der Waals surface area (Å²) in [7, 11) is 0. The maximum absolute atomic E-state index is 9.26. The Bertz CT molecular complexity index is 468. The van der Waals surface area contributed by atoms with Crippen molar-refractivity contribution in [2.75, 3.05) is 0 Å². The highest BCUT2D eigenvalue weighted by Crippen LogP contribution is 2.18. The molecule has 5 nitrogen and oxygen atoms in total. The van der Waals surface area contributed by atoms with E-state index in [1.165, 1.54) is 6.33 Å². The van der Waals surface area contributed by atoms with Crippen LogP contribution in [0.1, 0.15) is 12.7 Å². The summed E-state index contributed by atoms with van der Waals surface area (Å²) in [5.41, 5.74) is 0. The van der Waals surface area contributed by atoms with Crippen LogP contribution in [-0.2, 0) is 13.2 Å². The van der Waals surface area contributed by atoms with Crippen LogP contribution in [0.2, 0.25) is 0 Å². The second kappa shape index (κ2) is 4.65. The molecule has 0 atom stereocenters. The van der Waals surface area contributed by atoms with Gasteiger partial charge in [-0.2, -0.15) is 5.10 Å². The summed E-state index contributed by atoms with van der Waals surface area (Å²) in [6.07, 6.45) is 1.50. The minimum absolute atomic E-state index is 0.189. The minimum Gasteiger partial charge on any atom is -0.508 e. The highest BCUT2D eigenvalue weighted by Gasteiger charge is 2.03. The van der Waals surface area contributed by atoms with Crippen molar-refractivity contribution in [3.05, 3.63) is 36.4 Å². The number of aryl methyl sites for hydroxylation is 1. The van der Waals surface area contributed by atoms with Crippen LogP contribution in [0, 0.1) is 0 Å². The average Bonchev–Trinajstić information content (AvgIpc) is 2.74. The lowest BCUT2D eigenvalue weighted by atomic mass is 10.3. The summed E-state index contributed by atoms with van der Waals surface area (Å²) in [6, 6.07) is 6.68. The van der Waals surface area contributed by atoms with Crippen LogP contribution in [0.4, 0.5) is 0 Å². The predicted molar refractivity (Wildman–Crippen MR) is 58.1 cm³/mol. The molecule has 0 aliphatic heterocycles. The Hall–Kier alpha value is -2.04. The van der Waals surface area contributed by atoms with E-state index in [1.807, 2.05) is 6.92 Å². The van der Waals surface area contributed by atoms with E-state index in [1.54, 1.807) is 28.9 Å². The zero-order valence-electron chi connectivity index (χ0n) is 9.00. The summed E-state index contributed by atoms with van der Waals surface area (Å²) in [6.45, 7) is 3.10. The average molecular weight is 219 g/mol. The predicted octanol–water partition coefficient (Wildman–Crippen LogP) is 1.58. The molecule has 16 heavy (non-hydrogen) atoms. The Balaban J connectivity index is 2.02. The number of phenols is 1. The number of nitrogens with zero attached hydrogens (tertiary/aromatic N) is 3. The first-order chi connectivity index (χ1) is 7.79. The summed E-state index contributed by atoms with van der Waals surface area (Å²) in [4.78, 5) is 4.09. The Labute approximate surface area is 93.3 Å². The SMILES string of the molecule is CCn1ncnc1COc1cccc(O)c1. The van der Waals surface area contributed by atoms with Crippen molar-refractivity contribution in [2.45, 2.75) is 20.1 Å². The first-order valence-corrected chi connectivity index (χ1v) is 5.08. The molecule has 0 spiro atoms. The minimum atomic E-state index is 0.189. The van der Waals surface area contributed by atoms with Crippen molar-refractivity contribution in [2.24, 2.45) is 0 Å². The zero-order valence-corrected chi connectivity index (χ0v) is 9.00. The fourth-order valence-electron chi connectivity index (χ4n) is 1.39. The van der Waals surface area contributed by atoms with Crippen LogP contribution in [0.25, 0.3) is 0 Å². The number of hydrogen-bond donors (Lipinski definition) is 1. The summed E-state index contributed by atoms with van der Waals surface area (Å²) < 4.78 is 7.26. The number of benzene rings is 1. The largest absolute Gasteiger partial charge is 0.508 e. The van der Waals surface area contributed by atoms with Crippen molar-refractivity contribution < 1.29 is 9.84 Å². The normalized spacial score (nSPS) is 10.3. The quantitative estimate of drug-likeness (QED) is 0.848. The van der Waals surface area contributed by atoms with Gasteiger partial charge in [0.15, 0.2) is 5.82 Å². The van der Waals surface area contributed by atoms with Gasteiger partial charge in [-0.05, 0) is 19.1 Å². The summed E-state index contributed by atoms with van der Waals surface area (Å²) in [5.74, 6) is 1.57. The standard InChI is InChI=1S/C11H13N3O2/c1-2-14-11(12-8-13-14)7-16-10-5-3-4-9(15)6-10/h3-6,8,15H,2,7H2,1H3. The van der Waals surface area contributed by atoms with E-state index in [0.717, 1.165) is 12.4 Å². The Morgan fingerprint density at radius 2 is 2.31 bits per heavy atom. The van der Waals surface area contributed by atoms with Crippen LogP contribution in [-0.4, -0.2) is 19.9 Å². The Kier molecular flexibility index (Phi) is 3.05. The molecule has 0 unspecified atom stereocenters. The lowest BCUT2D eigenvalue weighted by molar-refractivity contribution is 0.286. The van der Waals surface area contributed by atoms with E-state index < -0.39 is 0 Å². The van der Waals surface area contributed by atoms with Gasteiger partial charge in [0, 0.05) is 12.6 Å². The molecule has 1 aromatic heterocycles. The lowest BCUT2D eigenvalue weighted by Gasteiger charge is -2.06. The fraction of sp³-hybridized carbons (Fsp3) is 0.273. The number of rotatable bonds is 4. The van der Waals surface area contributed by atoms with Gasteiger partial charge in [0.05, 0.1) is 0 Å². The number of phenolic OH excluding ortho intramolecular Hbond substituents is 1. The van der Waals surface area contributed by atoms with Gasteiger partial charge < -0.3 is 9.84 Å². The van der Waals surface area contributed by atoms with Gasteiger partial charge in [-0.25, -0.2) is 9.67 Å². The van der Waals surface area contributed by atoms with Crippen molar-refractivity contribution in [3.8, 4) is 11.5 Å². The van der Waals surface area contributed by atoms with Crippen molar-refractivity contribution in [1.82, 2.24) is 14.8 Å². The lowest BCUT2D eigenvalue weighted by Crippen LogP contribution is -2.07. The molecule has 0 aliphatic carbocycles. The second-order valence-corrected chi connectivity index (χ2v) is 3.28. The van der Waals surface area contributed by atoms with Crippen LogP contribution < -0.4 is 4.74 Å². The topological polar surface area (TPSA) is 60.2 Å². The summed E-state index contributed by atoms with van der Waals surface area (Å²) >= 11 is 0. The molecule has 0 bridgehead atoms. The molecule has 5 heteroatoms. The van der Waals surface area contributed by atoms with E-state index in [2.05, 4.69) is 10.1 Å². The van der Waals surface area contributed by atoms with Crippen molar-refractivity contribution >= 4 is 0 Å². The molecular formula is C11H13N3O2. The molecule has 0 saturated heterocycles.